The molecule has 0 radical (unpaired) electrons. The number of hydrogen-bond acceptors (Lipinski definition) is 4. The topological polar surface area (TPSA) is 40.2 Å². The molecule has 0 saturated carbocycles. The van der Waals surface area contributed by atoms with E-state index in [1.807, 2.05) is 24.5 Å². The Hall–Kier alpha value is -0.970. The first-order chi connectivity index (χ1) is 7.86. The highest BCUT2D eigenvalue weighted by Crippen LogP contribution is 1.93. The molecule has 90 valence electrons. The zero-order valence-corrected chi connectivity index (χ0v) is 10.2. The number of rotatable bonds is 8. The summed E-state index contributed by atoms with van der Waals surface area (Å²) in [5.41, 5.74) is 7.66. The van der Waals surface area contributed by atoms with Gasteiger partial charge >= 0.3 is 0 Å². The number of hydrazine groups is 1. The van der Waals surface area contributed by atoms with Gasteiger partial charge in [-0.15, -0.1) is 0 Å². The van der Waals surface area contributed by atoms with E-state index in [9.17, 15) is 0 Å². The first kappa shape index (κ1) is 13.1. The van der Waals surface area contributed by atoms with Gasteiger partial charge in [0.2, 0.25) is 0 Å². The van der Waals surface area contributed by atoms with E-state index in [1.54, 1.807) is 0 Å². The van der Waals surface area contributed by atoms with Gasteiger partial charge in [-0.3, -0.25) is 15.8 Å². The lowest BCUT2D eigenvalue weighted by atomic mass is 10.3. The van der Waals surface area contributed by atoms with Crippen LogP contribution in [0.25, 0.3) is 0 Å². The number of aromatic nitrogens is 1. The second-order valence-corrected chi connectivity index (χ2v) is 3.66. The Morgan fingerprint density at radius 1 is 1.12 bits per heavy atom. The Bertz CT molecular complexity index is 259. The molecule has 0 bridgehead atoms. The summed E-state index contributed by atoms with van der Waals surface area (Å²) in [7, 11) is 0. The molecule has 16 heavy (non-hydrogen) atoms. The van der Waals surface area contributed by atoms with E-state index in [1.165, 1.54) is 5.56 Å². The van der Waals surface area contributed by atoms with Gasteiger partial charge in [0.15, 0.2) is 0 Å². The van der Waals surface area contributed by atoms with Gasteiger partial charge in [0.05, 0.1) is 0 Å². The molecule has 4 heteroatoms. The van der Waals surface area contributed by atoms with Crippen molar-refractivity contribution >= 4 is 0 Å². The summed E-state index contributed by atoms with van der Waals surface area (Å²) in [6, 6.07) is 4.03. The van der Waals surface area contributed by atoms with Crippen LogP contribution < -0.4 is 10.9 Å². The van der Waals surface area contributed by atoms with Crippen LogP contribution in [0.4, 0.5) is 0 Å². The molecule has 2 N–H and O–H groups in total. The fraction of sp³-hybridized carbons (Fsp3) is 0.583. The predicted octanol–water partition coefficient (Wildman–Crippen LogP) is 1.02. The summed E-state index contributed by atoms with van der Waals surface area (Å²) in [6.45, 7) is 9.48. The average Bonchev–Trinajstić information content (AvgIpc) is 2.35. The third-order valence-corrected chi connectivity index (χ3v) is 2.61. The number of nitrogens with one attached hydrogen (secondary N) is 2. The second kappa shape index (κ2) is 8.21. The zero-order chi connectivity index (χ0) is 11.6. The van der Waals surface area contributed by atoms with Crippen molar-refractivity contribution in [2.75, 3.05) is 26.2 Å². The van der Waals surface area contributed by atoms with Gasteiger partial charge in [0, 0.05) is 32.0 Å². The van der Waals surface area contributed by atoms with Gasteiger partial charge in [0.25, 0.3) is 0 Å². The molecule has 0 aliphatic rings. The summed E-state index contributed by atoms with van der Waals surface area (Å²) < 4.78 is 0. The summed E-state index contributed by atoms with van der Waals surface area (Å²) in [5, 5.41) is 0. The van der Waals surface area contributed by atoms with Crippen molar-refractivity contribution in [3.63, 3.8) is 0 Å². The Balaban J connectivity index is 2.04. The summed E-state index contributed by atoms with van der Waals surface area (Å²) in [4.78, 5) is 6.37. The van der Waals surface area contributed by atoms with E-state index in [0.29, 0.717) is 0 Å². The molecule has 0 spiro atoms. The smallest absolute Gasteiger partial charge is 0.0352 e. The lowest BCUT2D eigenvalue weighted by molar-refractivity contribution is 0.295. The van der Waals surface area contributed by atoms with Crippen LogP contribution in [0, 0.1) is 0 Å². The van der Waals surface area contributed by atoms with Crippen molar-refractivity contribution in [2.24, 2.45) is 0 Å². The maximum absolute atomic E-state index is 3.98. The molecule has 0 aliphatic carbocycles. The molecule has 0 atom stereocenters. The summed E-state index contributed by atoms with van der Waals surface area (Å²) in [6.07, 6.45) is 3.62. The van der Waals surface area contributed by atoms with Crippen molar-refractivity contribution < 1.29 is 0 Å². The predicted molar refractivity (Wildman–Crippen MR) is 66.9 cm³/mol. The second-order valence-electron chi connectivity index (χ2n) is 3.66. The van der Waals surface area contributed by atoms with Crippen molar-refractivity contribution in [3.05, 3.63) is 30.1 Å². The number of nitrogens with zero attached hydrogens (tertiary/aromatic N) is 2. The highest BCUT2D eigenvalue weighted by Gasteiger charge is 1.97. The Labute approximate surface area is 98.0 Å². The molecule has 1 heterocycles. The van der Waals surface area contributed by atoms with Crippen LogP contribution in [0.15, 0.2) is 24.5 Å². The minimum atomic E-state index is 0.834. The first-order valence-corrected chi connectivity index (χ1v) is 5.93. The van der Waals surface area contributed by atoms with Gasteiger partial charge in [-0.2, -0.15) is 0 Å². The van der Waals surface area contributed by atoms with E-state index in [-0.39, 0.29) is 0 Å². The molecule has 0 aliphatic heterocycles. The van der Waals surface area contributed by atoms with E-state index in [4.69, 9.17) is 0 Å². The molecular formula is C12H22N4. The van der Waals surface area contributed by atoms with Crippen LogP contribution in [0.1, 0.15) is 19.4 Å². The number of likely N-dealkylation sites (N-methyl/N-ethyl adjacent to an activating group) is 1. The summed E-state index contributed by atoms with van der Waals surface area (Å²) >= 11 is 0. The molecule has 4 nitrogen and oxygen atoms in total. The van der Waals surface area contributed by atoms with Gasteiger partial charge in [-0.05, 0) is 30.8 Å². The fourth-order valence-corrected chi connectivity index (χ4v) is 1.51. The van der Waals surface area contributed by atoms with Crippen LogP contribution in [0.3, 0.4) is 0 Å². The Morgan fingerprint density at radius 2 is 1.81 bits per heavy atom. The van der Waals surface area contributed by atoms with Crippen LogP contribution in [-0.2, 0) is 6.54 Å². The SMILES string of the molecule is CCN(CC)CCNNCc1ccncc1. The third kappa shape index (κ3) is 5.21. The quantitative estimate of drug-likeness (QED) is 0.509. The molecule has 1 aromatic heterocycles. The Morgan fingerprint density at radius 3 is 2.44 bits per heavy atom. The lowest BCUT2D eigenvalue weighted by Gasteiger charge is -2.18. The van der Waals surface area contributed by atoms with E-state index >= 15 is 0 Å². The highest BCUT2D eigenvalue weighted by molar-refractivity contribution is 5.08. The number of hydrogen-bond donors (Lipinski definition) is 2. The summed E-state index contributed by atoms with van der Waals surface area (Å²) in [5.74, 6) is 0. The molecule has 0 aromatic carbocycles. The van der Waals surface area contributed by atoms with Crippen molar-refractivity contribution in [1.82, 2.24) is 20.7 Å². The van der Waals surface area contributed by atoms with Gasteiger partial charge in [-0.25, -0.2) is 0 Å². The van der Waals surface area contributed by atoms with Gasteiger partial charge in [0.1, 0.15) is 0 Å². The van der Waals surface area contributed by atoms with Crippen molar-refractivity contribution in [1.29, 1.82) is 0 Å². The van der Waals surface area contributed by atoms with Crippen LogP contribution in [-0.4, -0.2) is 36.1 Å². The molecule has 0 saturated heterocycles. The minimum Gasteiger partial charge on any atom is -0.303 e. The monoisotopic (exact) mass is 222 g/mol. The molecule has 0 unspecified atom stereocenters. The van der Waals surface area contributed by atoms with Crippen LogP contribution in [0.5, 0.6) is 0 Å². The first-order valence-electron chi connectivity index (χ1n) is 5.93. The molecule has 1 aromatic rings. The van der Waals surface area contributed by atoms with E-state index in [0.717, 1.165) is 32.7 Å². The van der Waals surface area contributed by atoms with Crippen LogP contribution >= 0.6 is 0 Å². The van der Waals surface area contributed by atoms with Gasteiger partial charge in [-0.1, -0.05) is 13.8 Å². The zero-order valence-electron chi connectivity index (χ0n) is 10.2. The molecule has 0 fully saturated rings. The van der Waals surface area contributed by atoms with Crippen molar-refractivity contribution in [3.8, 4) is 0 Å². The lowest BCUT2D eigenvalue weighted by Crippen LogP contribution is -2.38. The van der Waals surface area contributed by atoms with E-state index < -0.39 is 0 Å². The molecular weight excluding hydrogens is 200 g/mol. The maximum Gasteiger partial charge on any atom is 0.0352 e. The highest BCUT2D eigenvalue weighted by atomic mass is 15.4. The fourth-order valence-electron chi connectivity index (χ4n) is 1.51. The minimum absolute atomic E-state index is 0.834. The average molecular weight is 222 g/mol. The maximum atomic E-state index is 3.98. The normalized spacial score (nSPS) is 10.9. The van der Waals surface area contributed by atoms with Crippen molar-refractivity contribution in [2.45, 2.75) is 20.4 Å². The molecule has 1 rings (SSSR count). The van der Waals surface area contributed by atoms with E-state index in [2.05, 4.69) is 34.6 Å². The van der Waals surface area contributed by atoms with Gasteiger partial charge < -0.3 is 4.90 Å². The van der Waals surface area contributed by atoms with Crippen LogP contribution in [0.2, 0.25) is 0 Å². The largest absolute Gasteiger partial charge is 0.303 e. The number of pyridine rings is 1. The third-order valence-electron chi connectivity index (χ3n) is 2.61. The molecule has 0 amide bonds. The Kier molecular flexibility index (Phi) is 6.72. The standard InChI is InChI=1S/C12H22N4/c1-3-16(4-2)10-9-14-15-11-12-5-7-13-8-6-12/h5-8,14-15H,3-4,9-11H2,1-2H3.